The van der Waals surface area contributed by atoms with Crippen LogP contribution in [-0.2, 0) is 0 Å². The minimum absolute atomic E-state index is 1.11. The van der Waals surface area contributed by atoms with E-state index in [0.29, 0.717) is 0 Å². The highest BCUT2D eigenvalue weighted by Gasteiger charge is 2.19. The molecule has 2 nitrogen and oxygen atoms in total. The average molecular weight is 605 g/mol. The second-order valence-corrected chi connectivity index (χ2v) is 12.8. The number of anilines is 3. The van der Waals surface area contributed by atoms with Crippen molar-refractivity contribution >= 4 is 70.1 Å². The highest BCUT2D eigenvalue weighted by Crippen LogP contribution is 2.45. The van der Waals surface area contributed by atoms with Crippen molar-refractivity contribution < 1.29 is 0 Å². The molecule has 2 aromatic heterocycles. The number of thiophene rings is 1. The summed E-state index contributed by atoms with van der Waals surface area (Å²) in [7, 11) is 0. The summed E-state index contributed by atoms with van der Waals surface area (Å²) in [5.41, 5.74) is 8.22. The molecule has 46 heavy (non-hydrogen) atoms. The fourth-order valence-corrected chi connectivity index (χ4v) is 7.71. The van der Waals surface area contributed by atoms with Crippen molar-refractivity contribution in [1.29, 1.82) is 0 Å². The van der Waals surface area contributed by atoms with E-state index in [4.69, 9.17) is 0 Å². The van der Waals surface area contributed by atoms with Crippen LogP contribution in [0.3, 0.4) is 0 Å². The third-order valence-corrected chi connectivity index (χ3v) is 10.0. The molecule has 0 atom stereocenters. The number of hydrogen-bond donors (Lipinski definition) is 0. The summed E-state index contributed by atoms with van der Waals surface area (Å²) < 4.78 is 2.45. The number of benzene rings is 7. The Bertz CT molecular complexity index is 2410. The number of aromatic nitrogens is 1. The largest absolute Gasteiger partial charge is 0.310 e. The van der Waals surface area contributed by atoms with Gasteiger partial charge in [0.1, 0.15) is 0 Å². The molecule has 3 heteroatoms. The lowest BCUT2D eigenvalue weighted by Gasteiger charge is -2.27. The minimum atomic E-state index is 1.11. The molecule has 0 bridgehead atoms. The maximum Gasteiger partial charge on any atom is 0.0554 e. The first-order valence-corrected chi connectivity index (χ1v) is 16.3. The summed E-state index contributed by atoms with van der Waals surface area (Å²) in [6.45, 7) is 0. The molecule has 0 fully saturated rings. The second-order valence-electron chi connectivity index (χ2n) is 11.7. The Morgan fingerprint density at radius 3 is 1.57 bits per heavy atom. The lowest BCUT2D eigenvalue weighted by atomic mass is 10.00. The fraction of sp³-hybridized carbons (Fsp3) is 0. The molecule has 0 spiro atoms. The fourth-order valence-electron chi connectivity index (χ4n) is 6.62. The molecule has 0 radical (unpaired) electrons. The monoisotopic (exact) mass is 604 g/mol. The van der Waals surface area contributed by atoms with E-state index in [0.717, 1.165) is 17.1 Å². The van der Waals surface area contributed by atoms with Gasteiger partial charge in [-0.1, -0.05) is 103 Å². The Labute approximate surface area is 271 Å². The van der Waals surface area contributed by atoms with Gasteiger partial charge in [-0.2, -0.15) is 0 Å². The Kier molecular flexibility index (Phi) is 6.36. The summed E-state index contributed by atoms with van der Waals surface area (Å²) in [5, 5.41) is 7.50. The molecular weight excluding hydrogens is 577 g/mol. The Morgan fingerprint density at radius 1 is 0.435 bits per heavy atom. The van der Waals surface area contributed by atoms with Gasteiger partial charge in [-0.15, -0.1) is 11.3 Å². The van der Waals surface area contributed by atoms with Gasteiger partial charge in [0, 0.05) is 39.2 Å². The summed E-state index contributed by atoms with van der Waals surface area (Å²) in [6, 6.07) is 57.2. The summed E-state index contributed by atoms with van der Waals surface area (Å²) in [4.78, 5) is 6.80. The van der Waals surface area contributed by atoms with Crippen LogP contribution < -0.4 is 4.90 Å². The number of hydrogen-bond acceptors (Lipinski definition) is 3. The van der Waals surface area contributed by atoms with Crippen LogP contribution in [0.5, 0.6) is 0 Å². The van der Waals surface area contributed by atoms with E-state index in [1.165, 1.54) is 64.0 Å². The van der Waals surface area contributed by atoms with Crippen LogP contribution in [0.2, 0.25) is 0 Å². The molecule has 0 aliphatic rings. The van der Waals surface area contributed by atoms with Crippen LogP contribution in [0.4, 0.5) is 17.1 Å². The van der Waals surface area contributed by atoms with E-state index in [2.05, 4.69) is 168 Å². The number of pyridine rings is 1. The van der Waals surface area contributed by atoms with Gasteiger partial charge in [-0.05, 0) is 98.4 Å². The van der Waals surface area contributed by atoms with E-state index in [9.17, 15) is 0 Å². The van der Waals surface area contributed by atoms with Gasteiger partial charge >= 0.3 is 0 Å². The van der Waals surface area contributed by atoms with Gasteiger partial charge < -0.3 is 4.90 Å². The van der Waals surface area contributed by atoms with Crippen molar-refractivity contribution in [2.75, 3.05) is 4.90 Å². The Hall–Kier alpha value is -5.77. The van der Waals surface area contributed by atoms with Crippen LogP contribution in [-0.4, -0.2) is 4.98 Å². The normalized spacial score (nSPS) is 11.5. The molecule has 0 unspecified atom stereocenters. The van der Waals surface area contributed by atoms with Gasteiger partial charge in [-0.3, -0.25) is 4.98 Å². The standard InChI is InChI=1S/C43H28N2S/c1-3-8-33-26-35(14-12-29(33)6-1)31-16-20-37(21-17-31)45(40-10-5-11-41-43(40)39-24-25-44-28-42(39)46-41)38-22-18-32(19-23-38)36-15-13-30-7-2-4-9-34(30)27-36/h1-28H. The highest BCUT2D eigenvalue weighted by molar-refractivity contribution is 7.25. The first-order valence-electron chi connectivity index (χ1n) is 15.5. The number of nitrogens with zero attached hydrogens (tertiary/aromatic N) is 2. The Balaban J connectivity index is 1.17. The maximum absolute atomic E-state index is 4.41. The van der Waals surface area contributed by atoms with E-state index >= 15 is 0 Å². The lowest BCUT2D eigenvalue weighted by Crippen LogP contribution is -2.10. The van der Waals surface area contributed by atoms with Crippen molar-refractivity contribution in [2.24, 2.45) is 0 Å². The van der Waals surface area contributed by atoms with Gasteiger partial charge in [-0.25, -0.2) is 0 Å². The van der Waals surface area contributed by atoms with Crippen LogP contribution >= 0.6 is 11.3 Å². The molecule has 0 amide bonds. The third-order valence-electron chi connectivity index (χ3n) is 8.94. The quantitative estimate of drug-likeness (QED) is 0.194. The van der Waals surface area contributed by atoms with Crippen LogP contribution in [0.25, 0.3) is 64.0 Å². The molecule has 216 valence electrons. The maximum atomic E-state index is 4.41. The van der Waals surface area contributed by atoms with Crippen LogP contribution in [0, 0.1) is 0 Å². The highest BCUT2D eigenvalue weighted by atomic mass is 32.1. The second kappa shape index (κ2) is 11.0. The van der Waals surface area contributed by atoms with Crippen LogP contribution in [0.15, 0.2) is 170 Å². The van der Waals surface area contributed by atoms with E-state index < -0.39 is 0 Å². The zero-order valence-electron chi connectivity index (χ0n) is 25.0. The molecule has 2 heterocycles. The van der Waals surface area contributed by atoms with Crippen molar-refractivity contribution in [1.82, 2.24) is 4.98 Å². The third kappa shape index (κ3) is 4.61. The van der Waals surface area contributed by atoms with Gasteiger partial charge in [0.2, 0.25) is 0 Å². The summed E-state index contributed by atoms with van der Waals surface area (Å²) >= 11 is 1.80. The first-order chi connectivity index (χ1) is 22.8. The van der Waals surface area contributed by atoms with E-state index in [1.807, 2.05) is 12.4 Å². The number of fused-ring (bicyclic) bond motifs is 5. The molecular formula is C43H28N2S. The lowest BCUT2D eigenvalue weighted by molar-refractivity contribution is 1.30. The summed E-state index contributed by atoms with van der Waals surface area (Å²) in [5.74, 6) is 0. The first kappa shape index (κ1) is 26.6. The molecule has 0 saturated carbocycles. The molecule has 0 aliphatic carbocycles. The zero-order chi connectivity index (χ0) is 30.5. The van der Waals surface area contributed by atoms with Crippen molar-refractivity contribution in [2.45, 2.75) is 0 Å². The SMILES string of the molecule is c1ccc2cc(-c3ccc(N(c4ccc(-c5ccc6ccccc6c5)cc4)c4cccc5sc6cnccc6c45)cc3)ccc2c1. The van der Waals surface area contributed by atoms with E-state index in [-0.39, 0.29) is 0 Å². The van der Waals surface area contributed by atoms with Gasteiger partial charge in [0.25, 0.3) is 0 Å². The molecule has 7 aromatic carbocycles. The zero-order valence-corrected chi connectivity index (χ0v) is 25.8. The average Bonchev–Trinajstić information content (AvgIpc) is 3.51. The topological polar surface area (TPSA) is 16.1 Å². The predicted molar refractivity (Wildman–Crippen MR) is 198 cm³/mol. The minimum Gasteiger partial charge on any atom is -0.310 e. The van der Waals surface area contributed by atoms with Gasteiger partial charge in [0.15, 0.2) is 0 Å². The molecule has 9 rings (SSSR count). The Morgan fingerprint density at radius 2 is 0.978 bits per heavy atom. The molecule has 9 aromatic rings. The van der Waals surface area contributed by atoms with Crippen molar-refractivity contribution in [3.8, 4) is 22.3 Å². The number of rotatable bonds is 5. The summed E-state index contributed by atoms with van der Waals surface area (Å²) in [6.07, 6.45) is 3.87. The van der Waals surface area contributed by atoms with Crippen molar-refractivity contribution in [3.05, 3.63) is 170 Å². The van der Waals surface area contributed by atoms with Crippen LogP contribution in [0.1, 0.15) is 0 Å². The molecule has 0 saturated heterocycles. The molecule has 0 aliphatic heterocycles. The molecule has 0 N–H and O–H groups in total. The predicted octanol–water partition coefficient (Wildman–Crippen LogP) is 12.6. The van der Waals surface area contributed by atoms with Crippen molar-refractivity contribution in [3.63, 3.8) is 0 Å². The van der Waals surface area contributed by atoms with Gasteiger partial charge in [0.05, 0.1) is 10.4 Å². The smallest absolute Gasteiger partial charge is 0.0554 e. The van der Waals surface area contributed by atoms with E-state index in [1.54, 1.807) is 11.3 Å².